The molecule has 0 aromatic carbocycles. The van der Waals surface area contributed by atoms with Crippen molar-refractivity contribution in [1.29, 1.82) is 0 Å². The molecule has 1 atom stereocenters. The summed E-state index contributed by atoms with van der Waals surface area (Å²) in [6, 6.07) is -0.414. The second-order valence-electron chi connectivity index (χ2n) is 5.05. The first-order valence-corrected chi connectivity index (χ1v) is 7.44. The van der Waals surface area contributed by atoms with Crippen LogP contribution in [0.25, 0.3) is 0 Å². The van der Waals surface area contributed by atoms with Crippen LogP contribution in [-0.2, 0) is 4.79 Å². The highest BCUT2D eigenvalue weighted by atomic mass is 32.2. The summed E-state index contributed by atoms with van der Waals surface area (Å²) >= 11 is 1.65. The van der Waals surface area contributed by atoms with Gasteiger partial charge in [-0.25, -0.2) is 4.79 Å². The molecule has 104 valence electrons. The maximum Gasteiger partial charge on any atom is 0.325 e. The van der Waals surface area contributed by atoms with Crippen LogP contribution in [0.4, 0.5) is 4.79 Å². The van der Waals surface area contributed by atoms with Crippen molar-refractivity contribution in [3.8, 4) is 0 Å². The first-order chi connectivity index (χ1) is 8.38. The van der Waals surface area contributed by atoms with E-state index in [0.29, 0.717) is 5.75 Å². The van der Waals surface area contributed by atoms with Crippen molar-refractivity contribution in [2.75, 3.05) is 18.1 Å². The van der Waals surface area contributed by atoms with Crippen molar-refractivity contribution in [3.63, 3.8) is 0 Å². The van der Waals surface area contributed by atoms with Crippen molar-refractivity contribution in [2.24, 2.45) is 0 Å². The van der Waals surface area contributed by atoms with Crippen molar-refractivity contribution in [3.05, 3.63) is 0 Å². The van der Waals surface area contributed by atoms with E-state index >= 15 is 0 Å². The lowest BCUT2D eigenvalue weighted by molar-refractivity contribution is -0.131. The van der Waals surface area contributed by atoms with Crippen molar-refractivity contribution >= 4 is 23.7 Å². The summed E-state index contributed by atoms with van der Waals surface area (Å²) in [6.45, 7) is 5.52. The van der Waals surface area contributed by atoms with Crippen LogP contribution in [0.5, 0.6) is 0 Å². The third-order valence-corrected chi connectivity index (χ3v) is 3.99. The minimum atomic E-state index is -0.855. The van der Waals surface area contributed by atoms with Gasteiger partial charge in [-0.2, -0.15) is 11.8 Å². The molecule has 0 saturated carbocycles. The third kappa shape index (κ3) is 3.88. The lowest BCUT2D eigenvalue weighted by Crippen LogP contribution is -2.42. The second kappa shape index (κ2) is 6.43. The van der Waals surface area contributed by atoms with Gasteiger partial charge in [-0.3, -0.25) is 9.69 Å². The average molecular weight is 274 g/mol. The Morgan fingerprint density at radius 2 is 2.11 bits per heavy atom. The molecular formula is C12H22N2O3S. The Bertz CT molecular complexity index is 320. The number of nitrogens with one attached hydrogen (secondary N) is 1. The van der Waals surface area contributed by atoms with Gasteiger partial charge in [-0.1, -0.05) is 13.3 Å². The van der Waals surface area contributed by atoms with Gasteiger partial charge >= 0.3 is 6.03 Å². The number of rotatable bonds is 7. The molecule has 0 aromatic rings. The number of carbonyl (C=O) groups is 2. The number of thioether (sulfide) groups is 1. The van der Waals surface area contributed by atoms with Crippen LogP contribution >= 0.6 is 11.8 Å². The highest BCUT2D eigenvalue weighted by molar-refractivity contribution is 7.99. The van der Waals surface area contributed by atoms with E-state index in [-0.39, 0.29) is 12.5 Å². The molecule has 0 unspecified atom stereocenters. The second-order valence-corrected chi connectivity index (χ2v) is 6.20. The maximum atomic E-state index is 11.9. The van der Waals surface area contributed by atoms with E-state index in [1.165, 1.54) is 0 Å². The number of amides is 3. The Kier molecular flexibility index (Phi) is 5.47. The van der Waals surface area contributed by atoms with Crippen LogP contribution in [-0.4, -0.2) is 51.6 Å². The lowest BCUT2D eigenvalue weighted by Gasteiger charge is -2.18. The Hall–Kier alpha value is -0.750. The topological polar surface area (TPSA) is 69.6 Å². The smallest absolute Gasteiger partial charge is 0.325 e. The SMILES string of the molecule is CCCCSC[C@@H](O)CN1C(=O)NC(C)(C)C1=O. The fourth-order valence-electron chi connectivity index (χ4n) is 1.71. The summed E-state index contributed by atoms with van der Waals surface area (Å²) in [5.41, 5.74) is -0.855. The van der Waals surface area contributed by atoms with Crippen LogP contribution in [0.1, 0.15) is 33.6 Å². The van der Waals surface area contributed by atoms with E-state index in [4.69, 9.17) is 0 Å². The number of β-amino-alcohol motifs (C(OH)–C–C–N with tert-alkyl or cyclic N) is 1. The molecule has 1 aliphatic rings. The number of aliphatic hydroxyl groups is 1. The maximum absolute atomic E-state index is 11.9. The summed E-state index contributed by atoms with van der Waals surface area (Å²) in [7, 11) is 0. The highest BCUT2D eigenvalue weighted by Crippen LogP contribution is 2.17. The standard InChI is InChI=1S/C12H22N2O3S/c1-4-5-6-18-8-9(15)7-14-10(16)12(2,3)13-11(14)17/h9,15H,4-8H2,1-3H3,(H,13,17)/t9-/m0/s1. The predicted molar refractivity (Wildman–Crippen MR) is 72.6 cm³/mol. The van der Waals surface area contributed by atoms with Crippen LogP contribution < -0.4 is 5.32 Å². The summed E-state index contributed by atoms with van der Waals surface area (Å²) in [4.78, 5) is 24.6. The third-order valence-electron chi connectivity index (χ3n) is 2.79. The average Bonchev–Trinajstić information content (AvgIpc) is 2.47. The molecule has 0 spiro atoms. The minimum Gasteiger partial charge on any atom is -0.390 e. The van der Waals surface area contributed by atoms with Gasteiger partial charge in [-0.05, 0) is 26.0 Å². The van der Waals surface area contributed by atoms with Crippen LogP contribution in [0.15, 0.2) is 0 Å². The fraction of sp³-hybridized carbons (Fsp3) is 0.833. The summed E-state index contributed by atoms with van der Waals surface area (Å²) in [6.07, 6.45) is 1.59. The van der Waals surface area contributed by atoms with E-state index in [9.17, 15) is 14.7 Å². The van der Waals surface area contributed by atoms with E-state index in [0.717, 1.165) is 23.5 Å². The van der Waals surface area contributed by atoms with Crippen molar-refractivity contribution in [2.45, 2.75) is 45.3 Å². The first kappa shape index (κ1) is 15.3. The molecule has 6 heteroatoms. The minimum absolute atomic E-state index is 0.0766. The van der Waals surface area contributed by atoms with Gasteiger partial charge in [0.15, 0.2) is 0 Å². The first-order valence-electron chi connectivity index (χ1n) is 6.28. The van der Waals surface area contributed by atoms with E-state index < -0.39 is 17.7 Å². The number of hydrogen-bond donors (Lipinski definition) is 2. The number of imide groups is 1. The van der Waals surface area contributed by atoms with Gasteiger partial charge in [0.2, 0.25) is 0 Å². The molecule has 1 fully saturated rings. The molecule has 0 aliphatic carbocycles. The molecular weight excluding hydrogens is 252 g/mol. The number of carbonyl (C=O) groups excluding carboxylic acids is 2. The molecule has 18 heavy (non-hydrogen) atoms. The van der Waals surface area contributed by atoms with Gasteiger partial charge in [0.05, 0.1) is 12.6 Å². The van der Waals surface area contributed by atoms with Crippen LogP contribution in [0, 0.1) is 0 Å². The summed E-state index contributed by atoms with van der Waals surface area (Å²) in [5.74, 6) is 1.28. The number of aliphatic hydroxyl groups excluding tert-OH is 1. The number of unbranched alkanes of at least 4 members (excludes halogenated alkanes) is 1. The molecule has 0 bridgehead atoms. The molecule has 1 rings (SSSR count). The quantitative estimate of drug-likeness (QED) is 0.541. The molecule has 2 N–H and O–H groups in total. The fourth-order valence-corrected chi connectivity index (χ4v) is 2.75. The largest absolute Gasteiger partial charge is 0.390 e. The molecule has 5 nitrogen and oxygen atoms in total. The zero-order chi connectivity index (χ0) is 13.8. The van der Waals surface area contributed by atoms with E-state index in [1.807, 2.05) is 0 Å². The Morgan fingerprint density at radius 1 is 1.44 bits per heavy atom. The van der Waals surface area contributed by atoms with Gasteiger partial charge in [0, 0.05) is 5.75 Å². The normalized spacial score (nSPS) is 20.1. The molecule has 1 heterocycles. The Morgan fingerprint density at radius 3 is 2.61 bits per heavy atom. The van der Waals surface area contributed by atoms with Gasteiger partial charge < -0.3 is 10.4 Å². The molecule has 1 saturated heterocycles. The number of hydrogen-bond acceptors (Lipinski definition) is 4. The van der Waals surface area contributed by atoms with Gasteiger partial charge in [0.25, 0.3) is 5.91 Å². The van der Waals surface area contributed by atoms with E-state index in [1.54, 1.807) is 25.6 Å². The zero-order valence-corrected chi connectivity index (χ0v) is 12.0. The monoisotopic (exact) mass is 274 g/mol. The molecule has 0 aromatic heterocycles. The highest BCUT2D eigenvalue weighted by Gasteiger charge is 2.44. The Balaban J connectivity index is 2.38. The van der Waals surface area contributed by atoms with E-state index in [2.05, 4.69) is 12.2 Å². The van der Waals surface area contributed by atoms with Gasteiger partial charge in [-0.15, -0.1) is 0 Å². The summed E-state index contributed by atoms with van der Waals surface area (Å²) in [5, 5.41) is 12.4. The van der Waals surface area contributed by atoms with Crippen molar-refractivity contribution in [1.82, 2.24) is 10.2 Å². The summed E-state index contributed by atoms with van der Waals surface area (Å²) < 4.78 is 0. The van der Waals surface area contributed by atoms with Crippen LogP contribution in [0.2, 0.25) is 0 Å². The molecule has 3 amide bonds. The Labute approximate surface area is 112 Å². The molecule has 0 radical (unpaired) electrons. The van der Waals surface area contributed by atoms with Crippen LogP contribution in [0.3, 0.4) is 0 Å². The zero-order valence-electron chi connectivity index (χ0n) is 11.2. The molecule has 1 aliphatic heterocycles. The lowest BCUT2D eigenvalue weighted by atomic mass is 10.1. The number of nitrogens with zero attached hydrogens (tertiary/aromatic N) is 1. The number of urea groups is 1. The predicted octanol–water partition coefficient (Wildman–Crippen LogP) is 1.21. The van der Waals surface area contributed by atoms with Crippen molar-refractivity contribution < 1.29 is 14.7 Å². The van der Waals surface area contributed by atoms with Gasteiger partial charge in [0.1, 0.15) is 5.54 Å².